The average molecular weight is 357 g/mol. The molecule has 1 amide bonds. The summed E-state index contributed by atoms with van der Waals surface area (Å²) < 4.78 is 15.1. The van der Waals surface area contributed by atoms with E-state index in [-0.39, 0.29) is 6.61 Å². The molecule has 138 valence electrons. The summed E-state index contributed by atoms with van der Waals surface area (Å²) in [4.78, 5) is 22.8. The molecule has 0 bridgehead atoms. The number of methoxy groups -OCH3 is 1. The lowest BCUT2D eigenvalue weighted by atomic mass is 10.1. The minimum absolute atomic E-state index is 0.124. The van der Waals surface area contributed by atoms with Gasteiger partial charge in [0.2, 0.25) is 0 Å². The first-order valence-corrected chi connectivity index (χ1v) is 8.17. The van der Waals surface area contributed by atoms with E-state index in [4.69, 9.17) is 9.47 Å². The maximum Gasteiger partial charge on any atom is 0.412 e. The molecule has 0 aromatic heterocycles. The Kier molecular flexibility index (Phi) is 6.22. The van der Waals surface area contributed by atoms with Crippen molar-refractivity contribution in [2.45, 2.75) is 26.4 Å². The number of carbonyl (C=O) groups is 2. The second kappa shape index (κ2) is 8.38. The van der Waals surface area contributed by atoms with Crippen molar-refractivity contribution < 1.29 is 23.8 Å². The first-order chi connectivity index (χ1) is 12.3. The molecule has 2 aromatic carbocycles. The van der Waals surface area contributed by atoms with Crippen molar-refractivity contribution in [1.29, 1.82) is 0 Å². The normalized spacial score (nSPS) is 10.8. The van der Waals surface area contributed by atoms with Crippen LogP contribution in [0.15, 0.2) is 48.5 Å². The number of anilines is 1. The Hall–Kier alpha value is -3.02. The van der Waals surface area contributed by atoms with E-state index in [9.17, 15) is 9.59 Å². The number of rotatable bonds is 5. The standard InChI is InChI=1S/C20H23NO5/c1-20(2,3)26-19(23)21-16-9-5-14(6-10-16)15-7-11-17(12-8-15)25-13-18(22)24-4/h5-12H,13H2,1-4H3,(H,21,23). The molecule has 2 rings (SSSR count). The average Bonchev–Trinajstić information content (AvgIpc) is 2.59. The number of carbonyl (C=O) groups excluding carboxylic acids is 2. The smallest absolute Gasteiger partial charge is 0.412 e. The van der Waals surface area contributed by atoms with Gasteiger partial charge in [-0.15, -0.1) is 0 Å². The molecule has 2 aromatic rings. The van der Waals surface area contributed by atoms with Crippen LogP contribution in [0.4, 0.5) is 10.5 Å². The molecule has 0 fully saturated rings. The molecular weight excluding hydrogens is 334 g/mol. The zero-order valence-electron chi connectivity index (χ0n) is 15.4. The fraction of sp³-hybridized carbons (Fsp3) is 0.300. The molecule has 0 spiro atoms. The van der Waals surface area contributed by atoms with Crippen molar-refractivity contribution in [3.05, 3.63) is 48.5 Å². The Bertz CT molecular complexity index is 745. The minimum atomic E-state index is -0.540. The van der Waals surface area contributed by atoms with E-state index in [1.54, 1.807) is 24.3 Å². The highest BCUT2D eigenvalue weighted by Gasteiger charge is 2.16. The van der Waals surface area contributed by atoms with Gasteiger partial charge in [-0.3, -0.25) is 5.32 Å². The Morgan fingerprint density at radius 3 is 1.96 bits per heavy atom. The topological polar surface area (TPSA) is 73.9 Å². The first kappa shape index (κ1) is 19.3. The molecule has 0 unspecified atom stereocenters. The van der Waals surface area contributed by atoms with Gasteiger partial charge in [0.15, 0.2) is 6.61 Å². The van der Waals surface area contributed by atoms with E-state index in [1.807, 2.05) is 45.0 Å². The number of amides is 1. The molecule has 0 radical (unpaired) electrons. The van der Waals surface area contributed by atoms with Crippen molar-refractivity contribution in [3.8, 4) is 16.9 Å². The van der Waals surface area contributed by atoms with E-state index in [1.165, 1.54) is 7.11 Å². The summed E-state index contributed by atoms with van der Waals surface area (Å²) in [6, 6.07) is 14.8. The zero-order valence-corrected chi connectivity index (χ0v) is 15.4. The van der Waals surface area contributed by atoms with E-state index in [0.29, 0.717) is 11.4 Å². The SMILES string of the molecule is COC(=O)COc1ccc(-c2ccc(NC(=O)OC(C)(C)C)cc2)cc1. The fourth-order valence-corrected chi connectivity index (χ4v) is 2.11. The maximum absolute atomic E-state index is 11.8. The number of benzene rings is 2. The van der Waals surface area contributed by atoms with Gasteiger partial charge in [-0.1, -0.05) is 24.3 Å². The monoisotopic (exact) mass is 357 g/mol. The molecule has 0 aliphatic heterocycles. The summed E-state index contributed by atoms with van der Waals surface area (Å²) in [5.41, 5.74) is 2.08. The largest absolute Gasteiger partial charge is 0.482 e. The van der Waals surface area contributed by atoms with Crippen molar-refractivity contribution >= 4 is 17.7 Å². The Balaban J connectivity index is 1.97. The second-order valence-corrected chi connectivity index (χ2v) is 6.59. The zero-order chi connectivity index (χ0) is 19.2. The Morgan fingerprint density at radius 1 is 0.923 bits per heavy atom. The third-order valence-electron chi connectivity index (χ3n) is 3.30. The summed E-state index contributed by atoms with van der Waals surface area (Å²) in [7, 11) is 1.32. The van der Waals surface area contributed by atoms with Crippen LogP contribution in [0.1, 0.15) is 20.8 Å². The van der Waals surface area contributed by atoms with Crippen LogP contribution in [0.3, 0.4) is 0 Å². The van der Waals surface area contributed by atoms with Crippen LogP contribution in [0.25, 0.3) is 11.1 Å². The van der Waals surface area contributed by atoms with Crippen molar-refractivity contribution in [1.82, 2.24) is 0 Å². The predicted molar refractivity (Wildman–Crippen MR) is 99.2 cm³/mol. The van der Waals surface area contributed by atoms with Crippen molar-refractivity contribution in [2.24, 2.45) is 0 Å². The van der Waals surface area contributed by atoms with Gasteiger partial charge in [-0.05, 0) is 56.2 Å². The van der Waals surface area contributed by atoms with Crippen molar-refractivity contribution in [3.63, 3.8) is 0 Å². The second-order valence-electron chi connectivity index (χ2n) is 6.59. The molecule has 0 aliphatic rings. The third kappa shape index (κ3) is 6.12. The predicted octanol–water partition coefficient (Wildman–Crippen LogP) is 4.25. The molecule has 6 heteroatoms. The van der Waals surface area contributed by atoms with Gasteiger partial charge in [0.1, 0.15) is 11.4 Å². The van der Waals surface area contributed by atoms with E-state index >= 15 is 0 Å². The lowest BCUT2D eigenvalue weighted by Crippen LogP contribution is -2.27. The number of nitrogens with one attached hydrogen (secondary N) is 1. The molecule has 0 saturated carbocycles. The summed E-state index contributed by atoms with van der Waals surface area (Å²) in [6.07, 6.45) is -0.489. The van der Waals surface area contributed by atoms with E-state index in [2.05, 4.69) is 10.1 Å². The highest BCUT2D eigenvalue weighted by molar-refractivity contribution is 5.85. The van der Waals surface area contributed by atoms with Gasteiger partial charge in [-0.2, -0.15) is 0 Å². The van der Waals surface area contributed by atoms with E-state index < -0.39 is 17.7 Å². The molecule has 1 N–H and O–H groups in total. The number of hydrogen-bond donors (Lipinski definition) is 1. The molecule has 6 nitrogen and oxygen atoms in total. The van der Waals surface area contributed by atoms with Gasteiger partial charge in [0, 0.05) is 5.69 Å². The molecule has 0 atom stereocenters. The Labute approximate surface area is 153 Å². The summed E-state index contributed by atoms with van der Waals surface area (Å²) in [5.74, 6) is 0.157. The Morgan fingerprint density at radius 2 is 1.46 bits per heavy atom. The van der Waals surface area contributed by atoms with Gasteiger partial charge in [-0.25, -0.2) is 9.59 Å². The van der Waals surface area contributed by atoms with Crippen LogP contribution in [0.5, 0.6) is 5.75 Å². The van der Waals surface area contributed by atoms with Gasteiger partial charge in [0.05, 0.1) is 7.11 Å². The van der Waals surface area contributed by atoms with Crippen LogP contribution in [-0.2, 0) is 14.3 Å². The van der Waals surface area contributed by atoms with Gasteiger partial charge in [0.25, 0.3) is 0 Å². The first-order valence-electron chi connectivity index (χ1n) is 8.17. The van der Waals surface area contributed by atoms with E-state index in [0.717, 1.165) is 11.1 Å². The summed E-state index contributed by atoms with van der Waals surface area (Å²) in [6.45, 7) is 5.32. The number of esters is 1. The van der Waals surface area contributed by atoms with Gasteiger partial charge < -0.3 is 14.2 Å². The summed E-state index contributed by atoms with van der Waals surface area (Å²) in [5, 5.41) is 2.69. The van der Waals surface area contributed by atoms with Gasteiger partial charge >= 0.3 is 12.1 Å². The molecular formula is C20H23NO5. The quantitative estimate of drug-likeness (QED) is 0.810. The van der Waals surface area contributed by atoms with Crippen LogP contribution in [0, 0.1) is 0 Å². The minimum Gasteiger partial charge on any atom is -0.482 e. The number of ether oxygens (including phenoxy) is 3. The van der Waals surface area contributed by atoms with Crippen LogP contribution in [-0.4, -0.2) is 31.4 Å². The fourth-order valence-electron chi connectivity index (χ4n) is 2.11. The van der Waals surface area contributed by atoms with Crippen LogP contribution >= 0.6 is 0 Å². The van der Waals surface area contributed by atoms with Crippen LogP contribution < -0.4 is 10.1 Å². The molecule has 0 aliphatic carbocycles. The maximum atomic E-state index is 11.8. The molecule has 0 heterocycles. The van der Waals surface area contributed by atoms with Crippen LogP contribution in [0.2, 0.25) is 0 Å². The lowest BCUT2D eigenvalue weighted by Gasteiger charge is -2.19. The molecule has 0 saturated heterocycles. The summed E-state index contributed by atoms with van der Waals surface area (Å²) >= 11 is 0. The number of hydrogen-bond acceptors (Lipinski definition) is 5. The third-order valence-corrected chi connectivity index (χ3v) is 3.30. The highest BCUT2D eigenvalue weighted by Crippen LogP contribution is 2.24. The van der Waals surface area contributed by atoms with Crippen molar-refractivity contribution in [2.75, 3.05) is 19.0 Å². The lowest BCUT2D eigenvalue weighted by molar-refractivity contribution is -0.142. The molecule has 26 heavy (non-hydrogen) atoms. The highest BCUT2D eigenvalue weighted by atomic mass is 16.6.